The summed E-state index contributed by atoms with van der Waals surface area (Å²) in [7, 11) is 0. The Labute approximate surface area is 139 Å². The lowest BCUT2D eigenvalue weighted by atomic mass is 10.3. The highest BCUT2D eigenvalue weighted by Crippen LogP contribution is 2.19. The Hall–Kier alpha value is -3.00. The van der Waals surface area contributed by atoms with Crippen LogP contribution in [0.4, 0.5) is 17.5 Å². The molecule has 0 bridgehead atoms. The molecule has 1 aliphatic rings. The van der Waals surface area contributed by atoms with Crippen LogP contribution in [0.2, 0.25) is 0 Å². The van der Waals surface area contributed by atoms with Crippen molar-refractivity contribution in [3.63, 3.8) is 0 Å². The van der Waals surface area contributed by atoms with Gasteiger partial charge in [0.2, 0.25) is 5.95 Å². The predicted molar refractivity (Wildman–Crippen MR) is 89.7 cm³/mol. The Kier molecular flexibility index (Phi) is 4.03. The monoisotopic (exact) mass is 323 g/mol. The molecule has 0 radical (unpaired) electrons. The van der Waals surface area contributed by atoms with Crippen LogP contribution in [0.15, 0.2) is 48.9 Å². The summed E-state index contributed by atoms with van der Waals surface area (Å²) in [4.78, 5) is 11.1. The Morgan fingerprint density at radius 1 is 1.08 bits per heavy atom. The number of rotatable bonds is 4. The highest BCUT2D eigenvalue weighted by molar-refractivity contribution is 5.58. The summed E-state index contributed by atoms with van der Waals surface area (Å²) in [6, 6.07) is 9.77. The van der Waals surface area contributed by atoms with Crippen LogP contribution in [-0.2, 0) is 4.74 Å². The molecule has 0 unspecified atom stereocenters. The van der Waals surface area contributed by atoms with Crippen molar-refractivity contribution >= 4 is 17.5 Å². The molecule has 122 valence electrons. The fourth-order valence-electron chi connectivity index (χ4n) is 2.58. The van der Waals surface area contributed by atoms with Crippen molar-refractivity contribution in [3.8, 4) is 5.69 Å². The average molecular weight is 323 g/mol. The molecule has 2 aromatic heterocycles. The van der Waals surface area contributed by atoms with Gasteiger partial charge in [0.15, 0.2) is 0 Å². The number of nitrogens with zero attached hydrogens (tertiary/aromatic N) is 6. The molecular formula is C16H17N7O. The zero-order chi connectivity index (χ0) is 16.2. The molecule has 1 saturated heterocycles. The molecule has 0 spiro atoms. The van der Waals surface area contributed by atoms with Crippen LogP contribution >= 0.6 is 0 Å². The Bertz CT molecular complexity index is 800. The van der Waals surface area contributed by atoms with E-state index in [4.69, 9.17) is 4.74 Å². The van der Waals surface area contributed by atoms with Crippen molar-refractivity contribution in [2.24, 2.45) is 0 Å². The lowest BCUT2D eigenvalue weighted by Crippen LogP contribution is -2.36. The number of morpholine rings is 1. The molecule has 8 nitrogen and oxygen atoms in total. The average Bonchev–Trinajstić information content (AvgIpc) is 3.18. The molecule has 1 aliphatic heterocycles. The first-order valence-corrected chi connectivity index (χ1v) is 7.78. The minimum atomic E-state index is 0.565. The van der Waals surface area contributed by atoms with Crippen molar-refractivity contribution in [1.29, 1.82) is 0 Å². The van der Waals surface area contributed by atoms with Crippen LogP contribution in [-0.4, -0.2) is 51.3 Å². The van der Waals surface area contributed by atoms with Crippen LogP contribution in [0.25, 0.3) is 5.69 Å². The van der Waals surface area contributed by atoms with Gasteiger partial charge < -0.3 is 15.0 Å². The number of benzene rings is 1. The number of hydrogen-bond acceptors (Lipinski definition) is 7. The maximum atomic E-state index is 5.38. The van der Waals surface area contributed by atoms with Gasteiger partial charge in [0, 0.05) is 25.0 Å². The summed E-state index contributed by atoms with van der Waals surface area (Å²) >= 11 is 0. The molecule has 8 heteroatoms. The first kappa shape index (κ1) is 14.6. The lowest BCUT2D eigenvalue weighted by molar-refractivity contribution is 0.122. The topological polar surface area (TPSA) is 81.0 Å². The van der Waals surface area contributed by atoms with Crippen molar-refractivity contribution in [2.45, 2.75) is 0 Å². The molecule has 0 aliphatic carbocycles. The minimum Gasteiger partial charge on any atom is -0.378 e. The Morgan fingerprint density at radius 2 is 2.00 bits per heavy atom. The van der Waals surface area contributed by atoms with Crippen LogP contribution in [0.3, 0.4) is 0 Å². The van der Waals surface area contributed by atoms with Gasteiger partial charge in [0.25, 0.3) is 0 Å². The largest absolute Gasteiger partial charge is 0.378 e. The van der Waals surface area contributed by atoms with Crippen LogP contribution in [0.1, 0.15) is 0 Å². The smallest absolute Gasteiger partial charge is 0.229 e. The van der Waals surface area contributed by atoms with E-state index in [1.54, 1.807) is 23.3 Å². The molecule has 4 rings (SSSR count). The summed E-state index contributed by atoms with van der Waals surface area (Å²) in [5, 5.41) is 11.1. The number of hydrogen-bond donors (Lipinski definition) is 1. The number of aromatic nitrogens is 5. The standard InChI is InChI=1S/C16H17N7O/c1-2-13(12-14(3-1)23-7-6-18-21-23)19-16-17-5-4-15(20-16)22-8-10-24-11-9-22/h1-7,12H,8-11H2,(H,17,19,20). The summed E-state index contributed by atoms with van der Waals surface area (Å²) in [5.41, 5.74) is 1.81. The number of ether oxygens (including phenoxy) is 1. The van der Waals surface area contributed by atoms with Crippen molar-refractivity contribution in [1.82, 2.24) is 25.0 Å². The normalized spacial score (nSPS) is 14.6. The van der Waals surface area contributed by atoms with Gasteiger partial charge in [-0.2, -0.15) is 4.98 Å². The first-order valence-electron chi connectivity index (χ1n) is 7.78. The maximum absolute atomic E-state index is 5.38. The molecule has 0 saturated carbocycles. The minimum absolute atomic E-state index is 0.565. The molecule has 0 atom stereocenters. The third-order valence-electron chi connectivity index (χ3n) is 3.77. The zero-order valence-electron chi connectivity index (χ0n) is 13.0. The molecule has 0 amide bonds. The van der Waals surface area contributed by atoms with Crippen molar-refractivity contribution in [3.05, 3.63) is 48.9 Å². The molecule has 3 aromatic rings. The fraction of sp³-hybridized carbons (Fsp3) is 0.250. The van der Waals surface area contributed by atoms with E-state index < -0.39 is 0 Å². The van der Waals surface area contributed by atoms with E-state index >= 15 is 0 Å². The Balaban J connectivity index is 1.54. The van der Waals surface area contributed by atoms with Gasteiger partial charge in [-0.15, -0.1) is 5.10 Å². The third kappa shape index (κ3) is 3.18. The quantitative estimate of drug-likeness (QED) is 0.781. The van der Waals surface area contributed by atoms with Gasteiger partial charge in [-0.05, 0) is 24.3 Å². The maximum Gasteiger partial charge on any atom is 0.229 e. The lowest BCUT2D eigenvalue weighted by Gasteiger charge is -2.27. The highest BCUT2D eigenvalue weighted by Gasteiger charge is 2.13. The van der Waals surface area contributed by atoms with E-state index in [-0.39, 0.29) is 0 Å². The van der Waals surface area contributed by atoms with E-state index in [0.29, 0.717) is 5.95 Å². The second kappa shape index (κ2) is 6.63. The highest BCUT2D eigenvalue weighted by atomic mass is 16.5. The van der Waals surface area contributed by atoms with Gasteiger partial charge in [-0.25, -0.2) is 9.67 Å². The second-order valence-electron chi connectivity index (χ2n) is 5.36. The van der Waals surface area contributed by atoms with E-state index in [2.05, 4.69) is 30.5 Å². The van der Waals surface area contributed by atoms with E-state index in [1.165, 1.54) is 0 Å². The van der Waals surface area contributed by atoms with Crippen LogP contribution in [0.5, 0.6) is 0 Å². The van der Waals surface area contributed by atoms with Gasteiger partial charge in [0.1, 0.15) is 5.82 Å². The van der Waals surface area contributed by atoms with Crippen LogP contribution < -0.4 is 10.2 Å². The third-order valence-corrected chi connectivity index (χ3v) is 3.77. The number of nitrogens with one attached hydrogen (secondary N) is 1. The summed E-state index contributed by atoms with van der Waals surface area (Å²) in [6.45, 7) is 3.15. The van der Waals surface area contributed by atoms with E-state index in [0.717, 1.165) is 43.5 Å². The molecule has 1 N–H and O–H groups in total. The molecule has 1 fully saturated rings. The summed E-state index contributed by atoms with van der Waals surface area (Å²) in [6.07, 6.45) is 5.21. The molecule has 3 heterocycles. The second-order valence-corrected chi connectivity index (χ2v) is 5.36. The summed E-state index contributed by atoms with van der Waals surface area (Å²) < 4.78 is 7.09. The zero-order valence-corrected chi connectivity index (χ0v) is 13.0. The van der Waals surface area contributed by atoms with Gasteiger partial charge in [-0.3, -0.25) is 0 Å². The van der Waals surface area contributed by atoms with Gasteiger partial charge in [-0.1, -0.05) is 11.3 Å². The predicted octanol–water partition coefficient (Wildman–Crippen LogP) is 1.64. The molecule has 1 aromatic carbocycles. The van der Waals surface area contributed by atoms with Gasteiger partial charge in [0.05, 0.1) is 31.3 Å². The fourth-order valence-corrected chi connectivity index (χ4v) is 2.58. The number of anilines is 3. The van der Waals surface area contributed by atoms with E-state index in [9.17, 15) is 0 Å². The Morgan fingerprint density at radius 3 is 2.83 bits per heavy atom. The first-order chi connectivity index (χ1) is 11.9. The van der Waals surface area contributed by atoms with Crippen molar-refractivity contribution < 1.29 is 4.74 Å². The van der Waals surface area contributed by atoms with Gasteiger partial charge >= 0.3 is 0 Å². The molecule has 24 heavy (non-hydrogen) atoms. The SMILES string of the molecule is c1cc(Nc2nccc(N3CCOCC3)n2)cc(-n2ccnn2)c1. The van der Waals surface area contributed by atoms with Crippen molar-refractivity contribution in [2.75, 3.05) is 36.5 Å². The molecular weight excluding hydrogens is 306 g/mol. The van der Waals surface area contributed by atoms with E-state index in [1.807, 2.05) is 30.3 Å². The van der Waals surface area contributed by atoms with Crippen LogP contribution in [0, 0.1) is 0 Å². The summed E-state index contributed by atoms with van der Waals surface area (Å²) in [5.74, 6) is 1.47.